The summed E-state index contributed by atoms with van der Waals surface area (Å²) in [7, 11) is 0. The minimum Gasteiger partial charge on any atom is -0.492 e. The Balaban J connectivity index is 1.70. The van der Waals surface area contributed by atoms with Crippen LogP contribution in [0.4, 0.5) is 0 Å². The first kappa shape index (κ1) is 14.4. The molecule has 1 fully saturated rings. The van der Waals surface area contributed by atoms with Gasteiger partial charge in [0.25, 0.3) is 0 Å². The van der Waals surface area contributed by atoms with Crippen molar-refractivity contribution in [2.24, 2.45) is 0 Å². The Morgan fingerprint density at radius 3 is 2.89 bits per heavy atom. The molecular formula is C16H25NO2. The highest BCUT2D eigenvalue weighted by atomic mass is 16.5. The first-order chi connectivity index (χ1) is 9.16. The van der Waals surface area contributed by atoms with Crippen LogP contribution in [-0.4, -0.2) is 32.4 Å². The predicted octanol–water partition coefficient (Wildman–Crippen LogP) is 2.76. The molecule has 3 heteroatoms. The number of hydrogen-bond acceptors (Lipinski definition) is 3. The highest BCUT2D eigenvalue weighted by Crippen LogP contribution is 2.23. The first-order valence-corrected chi connectivity index (χ1v) is 7.20. The van der Waals surface area contributed by atoms with Crippen molar-refractivity contribution in [2.75, 3.05) is 26.3 Å². The summed E-state index contributed by atoms with van der Waals surface area (Å²) in [6, 6.07) is 4.31. The Bertz CT molecular complexity index is 411. The summed E-state index contributed by atoms with van der Waals surface area (Å²) in [5.41, 5.74) is 3.79. The van der Waals surface area contributed by atoms with Gasteiger partial charge in [-0.15, -0.1) is 0 Å². The average molecular weight is 263 g/mol. The summed E-state index contributed by atoms with van der Waals surface area (Å²) >= 11 is 0. The van der Waals surface area contributed by atoms with Gasteiger partial charge in [-0.2, -0.15) is 0 Å². The van der Waals surface area contributed by atoms with E-state index in [1.165, 1.54) is 29.5 Å². The van der Waals surface area contributed by atoms with Gasteiger partial charge in [-0.05, 0) is 56.4 Å². The molecule has 19 heavy (non-hydrogen) atoms. The SMILES string of the molecule is Cc1cc(C)c(C)c(OCCNC[C@H]2CCCO2)c1. The van der Waals surface area contributed by atoms with Crippen LogP contribution in [0.1, 0.15) is 29.5 Å². The lowest BCUT2D eigenvalue weighted by Gasteiger charge is -2.14. The molecule has 2 rings (SSSR count). The van der Waals surface area contributed by atoms with Crippen molar-refractivity contribution < 1.29 is 9.47 Å². The van der Waals surface area contributed by atoms with E-state index in [0.717, 1.165) is 25.4 Å². The minimum absolute atomic E-state index is 0.406. The van der Waals surface area contributed by atoms with Crippen LogP contribution in [0.5, 0.6) is 5.75 Å². The third-order valence-electron chi connectivity index (χ3n) is 3.70. The third-order valence-corrected chi connectivity index (χ3v) is 3.70. The standard InChI is InChI=1S/C16H25NO2/c1-12-9-13(2)14(3)16(10-12)19-8-6-17-11-15-5-4-7-18-15/h9-10,15,17H,4-8,11H2,1-3H3/t15-/m1/s1. The van der Waals surface area contributed by atoms with E-state index >= 15 is 0 Å². The zero-order chi connectivity index (χ0) is 13.7. The van der Waals surface area contributed by atoms with E-state index in [2.05, 4.69) is 38.2 Å². The molecule has 0 amide bonds. The Kier molecular flexibility index (Phi) is 5.23. The molecule has 1 aromatic rings. The van der Waals surface area contributed by atoms with E-state index in [1.54, 1.807) is 0 Å². The fourth-order valence-corrected chi connectivity index (χ4v) is 2.45. The summed E-state index contributed by atoms with van der Waals surface area (Å²) in [5.74, 6) is 1.01. The normalized spacial score (nSPS) is 18.8. The van der Waals surface area contributed by atoms with Crippen molar-refractivity contribution >= 4 is 0 Å². The molecule has 1 saturated heterocycles. The highest BCUT2D eigenvalue weighted by molar-refractivity contribution is 5.41. The average Bonchev–Trinajstić information content (AvgIpc) is 2.87. The van der Waals surface area contributed by atoms with Gasteiger partial charge in [-0.25, -0.2) is 0 Å². The smallest absolute Gasteiger partial charge is 0.122 e. The van der Waals surface area contributed by atoms with Crippen LogP contribution in [-0.2, 0) is 4.74 Å². The van der Waals surface area contributed by atoms with Gasteiger partial charge in [-0.3, -0.25) is 0 Å². The van der Waals surface area contributed by atoms with Gasteiger partial charge in [0, 0.05) is 19.7 Å². The van der Waals surface area contributed by atoms with E-state index in [-0.39, 0.29) is 0 Å². The molecule has 0 bridgehead atoms. The van der Waals surface area contributed by atoms with Crippen LogP contribution in [0, 0.1) is 20.8 Å². The van der Waals surface area contributed by atoms with Crippen molar-refractivity contribution in [3.05, 3.63) is 28.8 Å². The predicted molar refractivity (Wildman–Crippen MR) is 78.0 cm³/mol. The Morgan fingerprint density at radius 1 is 1.32 bits per heavy atom. The lowest BCUT2D eigenvalue weighted by Crippen LogP contribution is -2.29. The molecule has 1 aliphatic heterocycles. The molecule has 0 spiro atoms. The van der Waals surface area contributed by atoms with Gasteiger partial charge in [0.2, 0.25) is 0 Å². The Morgan fingerprint density at radius 2 is 2.16 bits per heavy atom. The van der Waals surface area contributed by atoms with Gasteiger partial charge in [0.1, 0.15) is 12.4 Å². The molecule has 1 atom stereocenters. The fourth-order valence-electron chi connectivity index (χ4n) is 2.45. The molecule has 0 unspecified atom stereocenters. The van der Waals surface area contributed by atoms with E-state index in [9.17, 15) is 0 Å². The van der Waals surface area contributed by atoms with E-state index in [4.69, 9.17) is 9.47 Å². The summed E-state index contributed by atoms with van der Waals surface area (Å²) in [5, 5.41) is 3.40. The monoisotopic (exact) mass is 263 g/mol. The van der Waals surface area contributed by atoms with Crippen LogP contribution in [0.25, 0.3) is 0 Å². The summed E-state index contributed by atoms with van der Waals surface area (Å²) in [6.07, 6.45) is 2.79. The molecule has 0 aliphatic carbocycles. The number of rotatable bonds is 6. The first-order valence-electron chi connectivity index (χ1n) is 7.20. The minimum atomic E-state index is 0.406. The number of ether oxygens (including phenoxy) is 2. The molecule has 1 heterocycles. The molecule has 106 valence electrons. The zero-order valence-corrected chi connectivity index (χ0v) is 12.3. The third kappa shape index (κ3) is 4.22. The van der Waals surface area contributed by atoms with Crippen LogP contribution >= 0.6 is 0 Å². The second-order valence-electron chi connectivity index (χ2n) is 5.39. The van der Waals surface area contributed by atoms with Crippen LogP contribution in [0.15, 0.2) is 12.1 Å². The maximum Gasteiger partial charge on any atom is 0.122 e. The van der Waals surface area contributed by atoms with Crippen LogP contribution in [0.3, 0.4) is 0 Å². The Labute approximate surface area is 116 Å². The van der Waals surface area contributed by atoms with Gasteiger partial charge < -0.3 is 14.8 Å². The maximum atomic E-state index is 5.86. The summed E-state index contributed by atoms with van der Waals surface area (Å²) in [6.45, 7) is 9.78. The van der Waals surface area contributed by atoms with Gasteiger partial charge in [0.15, 0.2) is 0 Å². The lowest BCUT2D eigenvalue weighted by molar-refractivity contribution is 0.109. The van der Waals surface area contributed by atoms with Gasteiger partial charge in [-0.1, -0.05) is 6.07 Å². The van der Waals surface area contributed by atoms with Crippen molar-refractivity contribution in [2.45, 2.75) is 39.7 Å². The lowest BCUT2D eigenvalue weighted by atomic mass is 10.1. The Hall–Kier alpha value is -1.06. The highest BCUT2D eigenvalue weighted by Gasteiger charge is 2.14. The van der Waals surface area contributed by atoms with Crippen molar-refractivity contribution in [3.8, 4) is 5.75 Å². The molecule has 0 aromatic heterocycles. The molecular weight excluding hydrogens is 238 g/mol. The van der Waals surface area contributed by atoms with Crippen LogP contribution < -0.4 is 10.1 Å². The van der Waals surface area contributed by atoms with E-state index in [0.29, 0.717) is 12.7 Å². The van der Waals surface area contributed by atoms with E-state index in [1.807, 2.05) is 0 Å². The topological polar surface area (TPSA) is 30.5 Å². The second kappa shape index (κ2) is 6.92. The molecule has 1 aromatic carbocycles. The summed E-state index contributed by atoms with van der Waals surface area (Å²) < 4.78 is 11.4. The molecule has 0 radical (unpaired) electrons. The molecule has 3 nitrogen and oxygen atoms in total. The molecule has 1 aliphatic rings. The van der Waals surface area contributed by atoms with Crippen molar-refractivity contribution in [1.82, 2.24) is 5.32 Å². The fraction of sp³-hybridized carbons (Fsp3) is 0.625. The number of benzene rings is 1. The van der Waals surface area contributed by atoms with E-state index < -0.39 is 0 Å². The molecule has 0 saturated carbocycles. The molecule has 1 N–H and O–H groups in total. The number of nitrogens with one attached hydrogen (secondary N) is 1. The van der Waals surface area contributed by atoms with Crippen molar-refractivity contribution in [3.63, 3.8) is 0 Å². The zero-order valence-electron chi connectivity index (χ0n) is 12.3. The second-order valence-corrected chi connectivity index (χ2v) is 5.39. The van der Waals surface area contributed by atoms with Gasteiger partial charge in [0.05, 0.1) is 6.10 Å². The van der Waals surface area contributed by atoms with Crippen LogP contribution in [0.2, 0.25) is 0 Å². The summed E-state index contributed by atoms with van der Waals surface area (Å²) in [4.78, 5) is 0. The number of hydrogen-bond donors (Lipinski definition) is 1. The maximum absolute atomic E-state index is 5.86. The number of aryl methyl sites for hydroxylation is 2. The quantitative estimate of drug-likeness (QED) is 0.801. The largest absolute Gasteiger partial charge is 0.492 e. The van der Waals surface area contributed by atoms with Gasteiger partial charge >= 0.3 is 0 Å². The van der Waals surface area contributed by atoms with Crippen molar-refractivity contribution in [1.29, 1.82) is 0 Å².